The van der Waals surface area contributed by atoms with E-state index in [1.807, 2.05) is 32.9 Å². The van der Waals surface area contributed by atoms with Gasteiger partial charge in [0.1, 0.15) is 11.6 Å². The van der Waals surface area contributed by atoms with Crippen molar-refractivity contribution in [1.82, 2.24) is 20.3 Å². The summed E-state index contributed by atoms with van der Waals surface area (Å²) in [7, 11) is 0. The zero-order valence-electron chi connectivity index (χ0n) is 21.2. The Balaban J connectivity index is 1.52. The Hall–Kier alpha value is -3.75. The fourth-order valence-corrected chi connectivity index (χ4v) is 4.43. The maximum atomic E-state index is 12.5. The molecule has 1 amide bonds. The number of ether oxygens (including phenoxy) is 1. The number of benzene rings is 1. The average molecular weight is 491 g/mol. The molecule has 9 nitrogen and oxygen atoms in total. The first-order valence-corrected chi connectivity index (χ1v) is 12.5. The monoisotopic (exact) mass is 490 g/mol. The number of nitrogens with one attached hydrogen (secondary N) is 3. The van der Waals surface area contributed by atoms with Gasteiger partial charge in [0.15, 0.2) is 5.82 Å². The zero-order chi connectivity index (χ0) is 25.7. The van der Waals surface area contributed by atoms with E-state index in [4.69, 9.17) is 14.7 Å². The van der Waals surface area contributed by atoms with Crippen LogP contribution in [0.2, 0.25) is 0 Å². The summed E-state index contributed by atoms with van der Waals surface area (Å²) in [4.78, 5) is 37.9. The van der Waals surface area contributed by atoms with Crippen LogP contribution in [0.4, 0.5) is 11.8 Å². The van der Waals surface area contributed by atoms with Gasteiger partial charge in [-0.3, -0.25) is 4.79 Å². The minimum absolute atomic E-state index is 0.0190. The molecule has 1 aliphatic rings. The molecule has 4 rings (SSSR count). The number of pyridine rings is 1. The van der Waals surface area contributed by atoms with Gasteiger partial charge in [-0.25, -0.2) is 19.7 Å². The number of nitrogens with zero attached hydrogens (tertiary/aromatic N) is 3. The van der Waals surface area contributed by atoms with Gasteiger partial charge in [0.25, 0.3) is 0 Å². The number of carbonyl (C=O) groups is 2. The molecule has 1 unspecified atom stereocenters. The highest BCUT2D eigenvalue weighted by molar-refractivity contribution is 5.90. The molecule has 1 aliphatic carbocycles. The Morgan fingerprint density at radius 1 is 1.00 bits per heavy atom. The van der Waals surface area contributed by atoms with E-state index in [2.05, 4.69) is 20.9 Å². The normalized spacial score (nSPS) is 18.5. The molecule has 2 heterocycles. The average Bonchev–Trinajstić information content (AvgIpc) is 2.85. The smallest absolute Gasteiger partial charge is 0.338 e. The van der Waals surface area contributed by atoms with E-state index in [1.54, 1.807) is 37.4 Å². The second-order valence-corrected chi connectivity index (χ2v) is 9.63. The Labute approximate surface area is 211 Å². The van der Waals surface area contributed by atoms with Gasteiger partial charge in [-0.15, -0.1) is 0 Å². The molecule has 190 valence electrons. The van der Waals surface area contributed by atoms with Crippen molar-refractivity contribution in [3.05, 3.63) is 53.9 Å². The molecule has 0 radical (unpaired) electrons. The predicted molar refractivity (Wildman–Crippen MR) is 140 cm³/mol. The van der Waals surface area contributed by atoms with E-state index in [1.165, 1.54) is 0 Å². The summed E-state index contributed by atoms with van der Waals surface area (Å²) < 4.78 is 5.68. The summed E-state index contributed by atoms with van der Waals surface area (Å²) in [5.41, 5.74) is 1.82. The van der Waals surface area contributed by atoms with Crippen LogP contribution < -0.4 is 16.0 Å². The van der Waals surface area contributed by atoms with Gasteiger partial charge in [0, 0.05) is 36.6 Å². The minimum Gasteiger partial charge on any atom is -0.453 e. The lowest BCUT2D eigenvalue weighted by Crippen LogP contribution is -2.39. The number of rotatable bonds is 8. The van der Waals surface area contributed by atoms with Crippen molar-refractivity contribution in [3.63, 3.8) is 0 Å². The standard InChI is InChI=1S/C27H34N6O3/c1-16(2)29-25-24-20(14-23(32-25)17(3)36-26(35)19-8-6-5-7-9-19)15-28-27(33-24)31-22-12-10-21(11-13-22)30-18(4)34/h5-9,14-17,21-22H,10-13H2,1-4H3,(H,29,32)(H,30,34)(H,28,31,33). The fraction of sp³-hybridized carbons (Fsp3) is 0.444. The van der Waals surface area contributed by atoms with E-state index in [0.29, 0.717) is 28.5 Å². The lowest BCUT2D eigenvalue weighted by atomic mass is 9.91. The van der Waals surface area contributed by atoms with Crippen LogP contribution >= 0.6 is 0 Å². The number of aromatic nitrogens is 3. The molecule has 1 aromatic carbocycles. The maximum Gasteiger partial charge on any atom is 0.338 e. The summed E-state index contributed by atoms with van der Waals surface area (Å²) in [5, 5.41) is 10.6. The second-order valence-electron chi connectivity index (χ2n) is 9.63. The Morgan fingerprint density at radius 2 is 1.69 bits per heavy atom. The molecule has 0 aliphatic heterocycles. The molecular weight excluding hydrogens is 456 g/mol. The molecule has 2 aromatic heterocycles. The topological polar surface area (TPSA) is 118 Å². The third-order valence-electron chi connectivity index (χ3n) is 6.19. The number of carbonyl (C=O) groups excluding carboxylic acids is 2. The van der Waals surface area contributed by atoms with Gasteiger partial charge in [-0.05, 0) is 64.7 Å². The van der Waals surface area contributed by atoms with Gasteiger partial charge in [0.05, 0.1) is 11.3 Å². The molecule has 3 aromatic rings. The number of esters is 1. The van der Waals surface area contributed by atoms with Gasteiger partial charge in [-0.1, -0.05) is 18.2 Å². The van der Waals surface area contributed by atoms with Crippen LogP contribution in [0.3, 0.4) is 0 Å². The lowest BCUT2D eigenvalue weighted by molar-refractivity contribution is -0.119. The van der Waals surface area contributed by atoms with Crippen molar-refractivity contribution in [1.29, 1.82) is 0 Å². The maximum absolute atomic E-state index is 12.5. The molecule has 0 saturated heterocycles. The van der Waals surface area contributed by atoms with Crippen LogP contribution in [0, 0.1) is 0 Å². The van der Waals surface area contributed by atoms with Crippen LogP contribution in [-0.4, -0.2) is 45.0 Å². The fourth-order valence-electron chi connectivity index (χ4n) is 4.43. The number of hydrogen-bond donors (Lipinski definition) is 3. The van der Waals surface area contributed by atoms with E-state index < -0.39 is 12.1 Å². The molecule has 0 spiro atoms. The second kappa shape index (κ2) is 11.3. The highest BCUT2D eigenvalue weighted by atomic mass is 16.5. The quantitative estimate of drug-likeness (QED) is 0.392. The molecule has 36 heavy (non-hydrogen) atoms. The van der Waals surface area contributed by atoms with Gasteiger partial charge < -0.3 is 20.7 Å². The molecule has 3 N–H and O–H groups in total. The van der Waals surface area contributed by atoms with Crippen LogP contribution in [0.15, 0.2) is 42.6 Å². The Bertz CT molecular complexity index is 1210. The van der Waals surface area contributed by atoms with E-state index in [9.17, 15) is 9.59 Å². The summed E-state index contributed by atoms with van der Waals surface area (Å²) >= 11 is 0. The van der Waals surface area contributed by atoms with E-state index in [-0.39, 0.29) is 24.0 Å². The molecule has 1 saturated carbocycles. The predicted octanol–water partition coefficient (Wildman–Crippen LogP) is 4.62. The molecule has 1 atom stereocenters. The SMILES string of the molecule is CC(=O)NC1CCC(Nc2ncc3cc(C(C)OC(=O)c4ccccc4)nc(NC(C)C)c3n2)CC1. The summed E-state index contributed by atoms with van der Waals surface area (Å²) in [6.07, 6.45) is 4.95. The Kier molecular flexibility index (Phi) is 7.97. The molecule has 1 fully saturated rings. The van der Waals surface area contributed by atoms with Gasteiger partial charge >= 0.3 is 5.97 Å². The minimum atomic E-state index is -0.550. The van der Waals surface area contributed by atoms with Crippen molar-refractivity contribution < 1.29 is 14.3 Å². The van der Waals surface area contributed by atoms with E-state index >= 15 is 0 Å². The first kappa shape index (κ1) is 25.3. The van der Waals surface area contributed by atoms with Crippen molar-refractivity contribution in [2.24, 2.45) is 0 Å². The highest BCUT2D eigenvalue weighted by Crippen LogP contribution is 2.28. The van der Waals surface area contributed by atoms with Crippen molar-refractivity contribution >= 4 is 34.5 Å². The van der Waals surface area contributed by atoms with Crippen LogP contribution in [0.5, 0.6) is 0 Å². The highest BCUT2D eigenvalue weighted by Gasteiger charge is 2.23. The van der Waals surface area contributed by atoms with Crippen LogP contribution in [0.1, 0.15) is 75.5 Å². The summed E-state index contributed by atoms with van der Waals surface area (Å²) in [6.45, 7) is 7.44. The van der Waals surface area contributed by atoms with Crippen molar-refractivity contribution in [3.8, 4) is 0 Å². The number of amides is 1. The lowest BCUT2D eigenvalue weighted by Gasteiger charge is -2.29. The Morgan fingerprint density at radius 3 is 2.36 bits per heavy atom. The van der Waals surface area contributed by atoms with Gasteiger partial charge in [0.2, 0.25) is 11.9 Å². The van der Waals surface area contributed by atoms with Gasteiger partial charge in [-0.2, -0.15) is 0 Å². The molecule has 0 bridgehead atoms. The number of anilines is 2. The summed E-state index contributed by atoms with van der Waals surface area (Å²) in [5.74, 6) is 0.799. The third kappa shape index (κ3) is 6.47. The third-order valence-corrected chi connectivity index (χ3v) is 6.19. The first-order valence-electron chi connectivity index (χ1n) is 12.5. The number of hydrogen-bond acceptors (Lipinski definition) is 8. The molecular formula is C27H34N6O3. The van der Waals surface area contributed by atoms with Crippen LogP contribution in [-0.2, 0) is 9.53 Å². The summed E-state index contributed by atoms with van der Waals surface area (Å²) in [6, 6.07) is 11.4. The largest absolute Gasteiger partial charge is 0.453 e. The first-order chi connectivity index (χ1) is 17.3. The molecule has 9 heteroatoms. The van der Waals surface area contributed by atoms with Crippen LogP contribution in [0.25, 0.3) is 10.9 Å². The van der Waals surface area contributed by atoms with Crippen molar-refractivity contribution in [2.75, 3.05) is 10.6 Å². The van der Waals surface area contributed by atoms with E-state index in [0.717, 1.165) is 31.1 Å². The zero-order valence-corrected chi connectivity index (χ0v) is 21.2. The van der Waals surface area contributed by atoms with Crippen molar-refractivity contribution in [2.45, 2.75) is 77.6 Å². The number of fused-ring (bicyclic) bond motifs is 1.